The summed E-state index contributed by atoms with van der Waals surface area (Å²) in [7, 11) is 7.68. The zero-order valence-corrected chi connectivity index (χ0v) is 81.8. The van der Waals surface area contributed by atoms with Crippen LogP contribution in [0, 0.1) is 36.5 Å². The third kappa shape index (κ3) is 33.1. The molecule has 14 rings (SSSR count). The van der Waals surface area contributed by atoms with Crippen LogP contribution >= 0.6 is 58.0 Å². The molecule has 8 aliphatic rings. The van der Waals surface area contributed by atoms with E-state index >= 15 is 0 Å². The number of methoxy groups -OCH3 is 5. The summed E-state index contributed by atoms with van der Waals surface area (Å²) < 4.78 is 58.7. The maximum absolute atomic E-state index is 12.3. The van der Waals surface area contributed by atoms with Crippen LogP contribution < -0.4 is 85.4 Å². The smallest absolute Gasteiger partial charge is 0.250 e. The predicted molar refractivity (Wildman–Crippen MR) is 514 cm³/mol. The first-order chi connectivity index (χ1) is 62.7. The number of primary amides is 1. The van der Waals surface area contributed by atoms with Gasteiger partial charge in [-0.15, -0.1) is 0 Å². The Hall–Kier alpha value is -9.27. The third-order valence-corrected chi connectivity index (χ3v) is 23.6. The molecule has 0 aromatic carbocycles. The highest BCUT2D eigenvalue weighted by Crippen LogP contribution is 2.42. The van der Waals surface area contributed by atoms with E-state index in [1.54, 1.807) is 45.4 Å². The summed E-state index contributed by atoms with van der Waals surface area (Å²) in [4.78, 5) is 111. The number of morpholine rings is 6. The first-order valence-corrected chi connectivity index (χ1v) is 46.5. The third-order valence-electron chi connectivity index (χ3n) is 22.2. The lowest BCUT2D eigenvalue weighted by atomic mass is 9.92. The number of pyridine rings is 6. The molecule has 35 nitrogen and oxygen atoms in total. The minimum absolute atomic E-state index is 0.0250. The van der Waals surface area contributed by atoms with Crippen molar-refractivity contribution in [3.63, 3.8) is 0 Å². The Bertz CT molecular complexity index is 4510. The minimum atomic E-state index is -0.416. The van der Waals surface area contributed by atoms with Crippen LogP contribution in [0.15, 0.2) is 36.4 Å². The molecule has 6 amide bonds. The number of hydrogen-bond donors (Lipinski definition) is 6. The summed E-state index contributed by atoms with van der Waals surface area (Å²) in [6.45, 7) is 34.8. The molecule has 0 bridgehead atoms. The van der Waals surface area contributed by atoms with Gasteiger partial charge in [-0.3, -0.25) is 28.8 Å². The van der Waals surface area contributed by atoms with E-state index < -0.39 is 5.91 Å². The van der Waals surface area contributed by atoms with Gasteiger partial charge in [0.25, 0.3) is 5.91 Å². The van der Waals surface area contributed by atoms with Crippen molar-refractivity contribution in [1.82, 2.24) is 29.9 Å². The fraction of sp³-hybridized carbons (Fsp3) is 0.604. The second-order valence-electron chi connectivity index (χ2n) is 34.7. The lowest BCUT2D eigenvalue weighted by molar-refractivity contribution is -0.118. The molecule has 0 unspecified atom stereocenters. The molecular weight excluding hydrogens is 1790 g/mol. The van der Waals surface area contributed by atoms with Gasteiger partial charge in [0.15, 0.2) is 10.3 Å². The maximum Gasteiger partial charge on any atom is 0.250 e. The van der Waals surface area contributed by atoms with Crippen molar-refractivity contribution in [3.8, 4) is 29.1 Å². The molecule has 8 fully saturated rings. The van der Waals surface area contributed by atoms with Gasteiger partial charge in [0.1, 0.15) is 74.8 Å². The fourth-order valence-electron chi connectivity index (χ4n) is 15.5. The van der Waals surface area contributed by atoms with Crippen molar-refractivity contribution in [2.75, 3.05) is 249 Å². The quantitative estimate of drug-likeness (QED) is 0.0307. The molecule has 0 radical (unpaired) electrons. The number of nitrogens with one attached hydrogen (secondary N) is 5. The van der Waals surface area contributed by atoms with Crippen LogP contribution in [0.2, 0.25) is 25.4 Å². The lowest BCUT2D eigenvalue weighted by Gasteiger charge is -2.28. The van der Waals surface area contributed by atoms with Gasteiger partial charge >= 0.3 is 0 Å². The average molecular weight is 1930 g/mol. The lowest BCUT2D eigenvalue weighted by Crippen LogP contribution is -2.37. The Labute approximate surface area is 794 Å². The Morgan fingerprint density at radius 1 is 0.374 bits per heavy atom. The molecule has 6 aliphatic heterocycles. The highest BCUT2D eigenvalue weighted by atomic mass is 35.5. The predicted octanol–water partition coefficient (Wildman–Crippen LogP) is 14.7. The van der Waals surface area contributed by atoms with E-state index in [0.717, 1.165) is 158 Å². The van der Waals surface area contributed by atoms with Gasteiger partial charge < -0.3 is 114 Å². The van der Waals surface area contributed by atoms with Crippen LogP contribution in [0.4, 0.5) is 63.3 Å². The largest absolute Gasteiger partial charge is 0.494 e. The fourth-order valence-corrected chi connectivity index (χ4v) is 16.7. The number of aromatic nitrogens is 6. The first-order valence-electron chi connectivity index (χ1n) is 44.6. The molecular formula is C91H131Cl5N18O17. The van der Waals surface area contributed by atoms with Crippen LogP contribution in [0.3, 0.4) is 0 Å². The van der Waals surface area contributed by atoms with Gasteiger partial charge in [0.2, 0.25) is 47.2 Å². The van der Waals surface area contributed by atoms with Crippen LogP contribution in [0.25, 0.3) is 0 Å². The highest BCUT2D eigenvalue weighted by molar-refractivity contribution is 6.36. The van der Waals surface area contributed by atoms with E-state index in [-0.39, 0.29) is 50.7 Å². The summed E-state index contributed by atoms with van der Waals surface area (Å²) in [5, 5.41) is 15.9. The second kappa shape index (κ2) is 52.4. The van der Waals surface area contributed by atoms with Gasteiger partial charge in [-0.1, -0.05) is 132 Å². The van der Waals surface area contributed by atoms with Gasteiger partial charge in [0, 0.05) is 141 Å². The standard InChI is InChI=1S/2C17H24ClN3O3.2C16H24ClN3O3.C13H18ClN3O3.C12H17N3O2/c1-23-13-11-14(21-6-8-24-9-7-21)19-17(18)16(13)20-15(22)10-12-4-2-3-5-12;1-23-17-16(20-15(22)10-12-4-2-3-5-12)13(18)11-14(19-17)21-6-8-24-9-7-21;1-16(2,3)10-13(21)19-14-11(22-4)9-12(18-15(14)17)20-5-7-23-8-6-20;1-16(2,3)10-13(21)19-14-11(17)9-12(18-15(14)22-4)20-5-7-23-8-6-20;1-3-11(18)16-12-9(14)8-10(15-13(12)19-2)17-4-6-20-7-5-17;1-8-7-10(15-3-5-17-6-4-15)14-9(2)11(8)12(13)16/h2*11-12H,2-10H2,1H3,(H,20,22);2*9H,5-8,10H2,1-4H3,(H,19,21);8H,3-7H2,1-2H3,(H,16,18);7H,3-6H2,1-2H3,(H2,13,16). The molecule has 722 valence electrons. The van der Waals surface area contributed by atoms with Crippen LogP contribution in [0.5, 0.6) is 29.1 Å². The van der Waals surface area contributed by atoms with Crippen LogP contribution in [-0.4, -0.2) is 259 Å². The van der Waals surface area contributed by atoms with Crippen molar-refractivity contribution in [3.05, 3.63) is 78.6 Å². The van der Waals surface area contributed by atoms with Crippen LogP contribution in [0.1, 0.15) is 154 Å². The van der Waals surface area contributed by atoms with Gasteiger partial charge in [-0.05, 0) is 73.8 Å². The monoisotopic (exact) mass is 1920 g/mol. The normalized spacial score (nSPS) is 16.6. The molecule has 2 aliphatic carbocycles. The molecule has 0 spiro atoms. The number of rotatable bonds is 24. The van der Waals surface area contributed by atoms with E-state index in [2.05, 4.69) is 85.9 Å². The molecule has 6 aromatic rings. The van der Waals surface area contributed by atoms with Crippen LogP contribution in [-0.2, 0) is 52.4 Å². The van der Waals surface area contributed by atoms with E-state index in [0.29, 0.717) is 194 Å². The zero-order chi connectivity index (χ0) is 94.9. The average Bonchev–Trinajstić information content (AvgIpc) is 1.09. The van der Waals surface area contributed by atoms with E-state index in [1.165, 1.54) is 47.0 Å². The number of nitrogens with two attached hydrogens (primary N) is 1. The molecule has 2 saturated carbocycles. The number of halogens is 5. The Balaban J connectivity index is 0.000000178. The van der Waals surface area contributed by atoms with Gasteiger partial charge in [0.05, 0.1) is 141 Å². The van der Waals surface area contributed by atoms with E-state index in [1.807, 2.05) is 67.5 Å². The van der Waals surface area contributed by atoms with Crippen molar-refractivity contribution < 1.29 is 80.9 Å². The maximum atomic E-state index is 12.3. The van der Waals surface area contributed by atoms with E-state index in [9.17, 15) is 28.8 Å². The Kier molecular flexibility index (Phi) is 42.2. The van der Waals surface area contributed by atoms with Crippen molar-refractivity contribution in [2.24, 2.45) is 28.4 Å². The molecule has 6 saturated heterocycles. The topological polar surface area (TPSA) is 387 Å². The zero-order valence-electron chi connectivity index (χ0n) is 78.1. The highest BCUT2D eigenvalue weighted by Gasteiger charge is 2.30. The molecule has 131 heavy (non-hydrogen) atoms. The Morgan fingerprint density at radius 3 is 0.893 bits per heavy atom. The molecule has 6 aromatic heterocycles. The summed E-state index contributed by atoms with van der Waals surface area (Å²) >= 11 is 31.6. The Morgan fingerprint density at radius 2 is 0.634 bits per heavy atom. The first kappa shape index (κ1) is 105. The molecule has 12 heterocycles. The van der Waals surface area contributed by atoms with Gasteiger partial charge in [-0.2, -0.15) is 15.0 Å². The second-order valence-corrected chi connectivity index (χ2v) is 36.7. The molecule has 7 N–H and O–H groups in total. The van der Waals surface area contributed by atoms with Crippen molar-refractivity contribution >= 4 is 157 Å². The number of aryl methyl sites for hydroxylation is 2. The number of hydrogen-bond acceptors (Lipinski definition) is 29. The number of carbonyl (C=O) groups is 6. The minimum Gasteiger partial charge on any atom is -0.494 e. The molecule has 40 heteroatoms. The van der Waals surface area contributed by atoms with Crippen molar-refractivity contribution in [2.45, 2.75) is 146 Å². The number of carbonyl (C=O) groups excluding carboxylic acids is 6. The number of nitrogens with zero attached hydrogens (tertiary/aromatic N) is 12. The molecule has 0 atom stereocenters. The number of amides is 6. The summed E-state index contributed by atoms with van der Waals surface area (Å²) in [5.74, 6) is 6.74. The number of anilines is 11. The van der Waals surface area contributed by atoms with Gasteiger partial charge in [-0.25, -0.2) is 15.0 Å². The summed E-state index contributed by atoms with van der Waals surface area (Å²) in [6, 6.07) is 10.8. The number of ether oxygens (including phenoxy) is 11. The SMILES string of the molecule is CCC(=O)Nc1c(Cl)cc(N2CCOCC2)nc1OC.COc1cc(N2CCOCC2)nc(Cl)c1NC(=O)CC(C)(C)C.COc1cc(N2CCOCC2)nc(Cl)c1NC(=O)CC1CCCC1.COc1nc(N2CCOCC2)cc(Cl)c1NC(=O)CC(C)(C)C.COc1nc(N2CCOCC2)cc(Cl)c1NC(=O)CC1CCCC1.Cc1cc(N2CCOCC2)nc(C)c1C(N)=O. The summed E-state index contributed by atoms with van der Waals surface area (Å²) in [6.07, 6.45) is 11.6. The van der Waals surface area contributed by atoms with Crippen molar-refractivity contribution in [1.29, 1.82) is 0 Å². The van der Waals surface area contributed by atoms with E-state index in [4.69, 9.17) is 116 Å². The summed E-state index contributed by atoms with van der Waals surface area (Å²) in [5.41, 5.74) is 9.39.